The third-order valence-electron chi connectivity index (χ3n) is 4.14. The van der Waals surface area contributed by atoms with E-state index in [9.17, 15) is 9.59 Å². The fraction of sp³-hybridized carbons (Fsp3) is 0.529. The molecule has 1 aromatic rings. The molecule has 0 aliphatic carbocycles. The molecular formula is C17H24N2O4. The molecule has 0 spiro atoms. The zero-order valence-electron chi connectivity index (χ0n) is 13.5. The Morgan fingerprint density at radius 2 is 2.09 bits per heavy atom. The minimum atomic E-state index is -0.818. The first kappa shape index (κ1) is 17.1. The Hall–Kier alpha value is -2.24. The number of urea groups is 1. The zero-order chi connectivity index (χ0) is 16.7. The highest BCUT2D eigenvalue weighted by molar-refractivity contribution is 5.76. The van der Waals surface area contributed by atoms with Crippen LogP contribution >= 0.6 is 0 Å². The van der Waals surface area contributed by atoms with Crippen molar-refractivity contribution in [3.05, 3.63) is 29.8 Å². The number of ether oxygens (including phenoxy) is 1. The Bertz CT molecular complexity index is 530. The standard InChI is InChI=1S/C17H24N2O4/c1-23-15-8-6-13(7-9-15)4-2-10-18-17(22)19-11-3-5-14(12-19)16(20)21/h6-9,14H,2-5,10-12H2,1H3,(H,18,22)(H,20,21). The molecule has 2 rings (SSSR count). The minimum Gasteiger partial charge on any atom is -0.497 e. The van der Waals surface area contributed by atoms with Crippen LogP contribution in [0.15, 0.2) is 24.3 Å². The van der Waals surface area contributed by atoms with Crippen LogP contribution in [0.3, 0.4) is 0 Å². The van der Waals surface area contributed by atoms with Gasteiger partial charge in [0, 0.05) is 19.6 Å². The van der Waals surface area contributed by atoms with Crippen molar-refractivity contribution in [3.8, 4) is 5.75 Å². The molecule has 1 fully saturated rings. The molecule has 23 heavy (non-hydrogen) atoms. The third-order valence-corrected chi connectivity index (χ3v) is 4.14. The molecular weight excluding hydrogens is 296 g/mol. The second kappa shape index (κ2) is 8.41. The summed E-state index contributed by atoms with van der Waals surface area (Å²) >= 11 is 0. The number of hydrogen-bond acceptors (Lipinski definition) is 3. The van der Waals surface area contributed by atoms with E-state index in [-0.39, 0.29) is 6.03 Å². The molecule has 1 aliphatic rings. The Morgan fingerprint density at radius 1 is 1.35 bits per heavy atom. The van der Waals surface area contributed by atoms with E-state index in [1.54, 1.807) is 12.0 Å². The first-order valence-electron chi connectivity index (χ1n) is 7.98. The number of likely N-dealkylation sites (tertiary alicyclic amines) is 1. The molecule has 2 N–H and O–H groups in total. The van der Waals surface area contributed by atoms with Crippen molar-refractivity contribution in [2.24, 2.45) is 5.92 Å². The Labute approximate surface area is 136 Å². The summed E-state index contributed by atoms with van der Waals surface area (Å²) in [6.07, 6.45) is 3.11. The van der Waals surface area contributed by atoms with Crippen LogP contribution in [-0.4, -0.2) is 48.8 Å². The number of nitrogens with one attached hydrogen (secondary N) is 1. The summed E-state index contributed by atoms with van der Waals surface area (Å²) in [4.78, 5) is 24.7. The second-order valence-corrected chi connectivity index (χ2v) is 5.81. The van der Waals surface area contributed by atoms with Gasteiger partial charge in [-0.05, 0) is 43.4 Å². The molecule has 0 radical (unpaired) electrons. The van der Waals surface area contributed by atoms with E-state index in [1.807, 2.05) is 24.3 Å². The number of carboxylic acid groups (broad SMARTS) is 1. The van der Waals surface area contributed by atoms with E-state index >= 15 is 0 Å². The molecule has 1 atom stereocenters. The molecule has 2 amide bonds. The van der Waals surface area contributed by atoms with E-state index in [1.165, 1.54) is 5.56 Å². The number of nitrogens with zero attached hydrogens (tertiary/aromatic N) is 1. The monoisotopic (exact) mass is 320 g/mol. The van der Waals surface area contributed by atoms with Gasteiger partial charge in [-0.3, -0.25) is 4.79 Å². The normalized spacial score (nSPS) is 17.6. The largest absolute Gasteiger partial charge is 0.497 e. The predicted molar refractivity (Wildman–Crippen MR) is 86.6 cm³/mol. The summed E-state index contributed by atoms with van der Waals surface area (Å²) in [5.74, 6) is -0.420. The highest BCUT2D eigenvalue weighted by Crippen LogP contribution is 2.16. The second-order valence-electron chi connectivity index (χ2n) is 5.81. The van der Waals surface area contributed by atoms with E-state index < -0.39 is 11.9 Å². The van der Waals surface area contributed by atoms with Crippen LogP contribution < -0.4 is 10.1 Å². The van der Waals surface area contributed by atoms with Gasteiger partial charge < -0.3 is 20.1 Å². The number of amides is 2. The number of carboxylic acids is 1. The van der Waals surface area contributed by atoms with Crippen LogP contribution in [-0.2, 0) is 11.2 Å². The summed E-state index contributed by atoms with van der Waals surface area (Å²) in [6.45, 7) is 1.52. The Kier molecular flexibility index (Phi) is 6.26. The number of methoxy groups -OCH3 is 1. The van der Waals surface area contributed by atoms with Crippen molar-refractivity contribution < 1.29 is 19.4 Å². The van der Waals surface area contributed by atoms with Gasteiger partial charge in [-0.1, -0.05) is 12.1 Å². The quantitative estimate of drug-likeness (QED) is 0.787. The van der Waals surface area contributed by atoms with Gasteiger partial charge in [0.2, 0.25) is 0 Å². The number of carbonyl (C=O) groups is 2. The topological polar surface area (TPSA) is 78.9 Å². The molecule has 1 unspecified atom stereocenters. The highest BCUT2D eigenvalue weighted by atomic mass is 16.5. The average molecular weight is 320 g/mol. The Balaban J connectivity index is 1.68. The number of piperidine rings is 1. The van der Waals surface area contributed by atoms with Crippen molar-refractivity contribution in [1.82, 2.24) is 10.2 Å². The maximum Gasteiger partial charge on any atom is 0.317 e. The lowest BCUT2D eigenvalue weighted by atomic mass is 9.99. The van der Waals surface area contributed by atoms with Crippen LogP contribution in [0.2, 0.25) is 0 Å². The molecule has 1 aromatic carbocycles. The summed E-state index contributed by atoms with van der Waals surface area (Å²) in [5, 5.41) is 11.9. The summed E-state index contributed by atoms with van der Waals surface area (Å²) < 4.78 is 5.11. The van der Waals surface area contributed by atoms with Gasteiger partial charge >= 0.3 is 12.0 Å². The van der Waals surface area contributed by atoms with Gasteiger partial charge in [0.25, 0.3) is 0 Å². The maximum atomic E-state index is 12.1. The number of rotatable bonds is 6. The molecule has 6 nitrogen and oxygen atoms in total. The lowest BCUT2D eigenvalue weighted by Crippen LogP contribution is -2.47. The summed E-state index contributed by atoms with van der Waals surface area (Å²) in [5.41, 5.74) is 1.20. The molecule has 6 heteroatoms. The Morgan fingerprint density at radius 3 is 2.74 bits per heavy atom. The molecule has 0 saturated carbocycles. The first-order chi connectivity index (χ1) is 11.1. The SMILES string of the molecule is COc1ccc(CCCNC(=O)N2CCCC(C(=O)O)C2)cc1. The van der Waals surface area contributed by atoms with E-state index in [0.29, 0.717) is 26.1 Å². The van der Waals surface area contributed by atoms with Gasteiger partial charge in [0.1, 0.15) is 5.75 Å². The van der Waals surface area contributed by atoms with Crippen LogP contribution in [0.25, 0.3) is 0 Å². The van der Waals surface area contributed by atoms with Gasteiger partial charge in [-0.25, -0.2) is 4.79 Å². The highest BCUT2D eigenvalue weighted by Gasteiger charge is 2.27. The summed E-state index contributed by atoms with van der Waals surface area (Å²) in [6, 6.07) is 7.72. The van der Waals surface area contributed by atoms with Crippen molar-refractivity contribution in [1.29, 1.82) is 0 Å². The fourth-order valence-corrected chi connectivity index (χ4v) is 2.76. The number of hydrogen-bond donors (Lipinski definition) is 2. The fourth-order valence-electron chi connectivity index (χ4n) is 2.76. The van der Waals surface area contributed by atoms with Gasteiger partial charge in [-0.15, -0.1) is 0 Å². The maximum absolute atomic E-state index is 12.1. The molecule has 0 bridgehead atoms. The zero-order valence-corrected chi connectivity index (χ0v) is 13.5. The minimum absolute atomic E-state index is 0.161. The lowest BCUT2D eigenvalue weighted by molar-refractivity contribution is -0.143. The van der Waals surface area contributed by atoms with E-state index in [4.69, 9.17) is 9.84 Å². The van der Waals surface area contributed by atoms with Crippen LogP contribution in [0.5, 0.6) is 5.75 Å². The van der Waals surface area contributed by atoms with Crippen molar-refractivity contribution >= 4 is 12.0 Å². The number of benzene rings is 1. The predicted octanol–water partition coefficient (Wildman–Crippen LogP) is 2.13. The molecule has 126 valence electrons. The van der Waals surface area contributed by atoms with Crippen LogP contribution in [0.4, 0.5) is 4.79 Å². The van der Waals surface area contributed by atoms with Crippen molar-refractivity contribution in [2.75, 3.05) is 26.7 Å². The van der Waals surface area contributed by atoms with E-state index in [2.05, 4.69) is 5.32 Å². The van der Waals surface area contributed by atoms with Crippen LogP contribution in [0.1, 0.15) is 24.8 Å². The molecule has 1 saturated heterocycles. The number of carbonyl (C=O) groups excluding carboxylic acids is 1. The average Bonchev–Trinajstić information content (AvgIpc) is 2.59. The van der Waals surface area contributed by atoms with Gasteiger partial charge in [0.15, 0.2) is 0 Å². The van der Waals surface area contributed by atoms with Crippen molar-refractivity contribution in [3.63, 3.8) is 0 Å². The molecule has 1 aliphatic heterocycles. The molecule has 1 heterocycles. The molecule has 0 aromatic heterocycles. The third kappa shape index (κ3) is 5.16. The van der Waals surface area contributed by atoms with E-state index in [0.717, 1.165) is 25.0 Å². The number of aryl methyl sites for hydroxylation is 1. The summed E-state index contributed by atoms with van der Waals surface area (Å²) in [7, 11) is 1.64. The van der Waals surface area contributed by atoms with Crippen molar-refractivity contribution in [2.45, 2.75) is 25.7 Å². The smallest absolute Gasteiger partial charge is 0.317 e. The van der Waals surface area contributed by atoms with Gasteiger partial charge in [-0.2, -0.15) is 0 Å². The van der Waals surface area contributed by atoms with Crippen LogP contribution in [0, 0.1) is 5.92 Å². The first-order valence-corrected chi connectivity index (χ1v) is 7.98. The lowest BCUT2D eigenvalue weighted by Gasteiger charge is -2.30. The number of aliphatic carboxylic acids is 1. The van der Waals surface area contributed by atoms with Gasteiger partial charge in [0.05, 0.1) is 13.0 Å².